The van der Waals surface area contributed by atoms with E-state index in [-0.39, 0.29) is 46.9 Å². The van der Waals surface area contributed by atoms with E-state index in [2.05, 4.69) is 0 Å². The lowest BCUT2D eigenvalue weighted by atomic mass is 9.67. The Balaban J connectivity index is 0.000000238. The molecule has 1 fully saturated rings. The highest BCUT2D eigenvalue weighted by atomic mass is 16.6. The van der Waals surface area contributed by atoms with Crippen molar-refractivity contribution >= 4 is 23.9 Å². The van der Waals surface area contributed by atoms with Crippen molar-refractivity contribution in [1.82, 2.24) is 0 Å². The van der Waals surface area contributed by atoms with E-state index in [0.29, 0.717) is 41.9 Å². The minimum atomic E-state index is -0.368. The highest BCUT2D eigenvalue weighted by Crippen LogP contribution is 2.45. The third-order valence-corrected chi connectivity index (χ3v) is 9.83. The Labute approximate surface area is 313 Å². The Morgan fingerprint density at radius 3 is 1.30 bits per heavy atom. The van der Waals surface area contributed by atoms with Crippen molar-refractivity contribution in [3.8, 4) is 0 Å². The van der Waals surface area contributed by atoms with Crippen molar-refractivity contribution in [1.29, 1.82) is 0 Å². The molecule has 0 spiro atoms. The van der Waals surface area contributed by atoms with Gasteiger partial charge in [0, 0.05) is 5.41 Å². The lowest BCUT2D eigenvalue weighted by Crippen LogP contribution is -2.48. The van der Waals surface area contributed by atoms with Crippen LogP contribution in [0.2, 0.25) is 0 Å². The molecule has 8 nitrogen and oxygen atoms in total. The Hall–Kier alpha value is -5.24. The lowest BCUT2D eigenvalue weighted by molar-refractivity contribution is -0.0930. The number of hydrogen-bond donors (Lipinski definition) is 0. The van der Waals surface area contributed by atoms with Gasteiger partial charge in [0.15, 0.2) is 0 Å². The maximum Gasteiger partial charge on any atom is 0.338 e. The fourth-order valence-corrected chi connectivity index (χ4v) is 6.56. The predicted octanol–water partition coefficient (Wildman–Crippen LogP) is 9.93. The smallest absolute Gasteiger partial charge is 0.338 e. The summed E-state index contributed by atoms with van der Waals surface area (Å²) in [6.45, 7) is 8.60. The van der Waals surface area contributed by atoms with Gasteiger partial charge in [0.05, 0.1) is 35.5 Å². The van der Waals surface area contributed by atoms with Crippen LogP contribution in [0.3, 0.4) is 0 Å². The molecule has 0 radical (unpaired) electrons. The molecule has 0 aliphatic heterocycles. The van der Waals surface area contributed by atoms with Gasteiger partial charge in [-0.2, -0.15) is 0 Å². The second kappa shape index (κ2) is 20.1. The zero-order valence-electron chi connectivity index (χ0n) is 31.3. The third-order valence-electron chi connectivity index (χ3n) is 9.83. The first-order valence-electron chi connectivity index (χ1n) is 18.5. The van der Waals surface area contributed by atoms with E-state index in [9.17, 15) is 19.2 Å². The van der Waals surface area contributed by atoms with Gasteiger partial charge in [-0.1, -0.05) is 106 Å². The predicted molar refractivity (Wildman–Crippen MR) is 205 cm³/mol. The summed E-state index contributed by atoms with van der Waals surface area (Å²) < 4.78 is 22.4. The third kappa shape index (κ3) is 12.4. The molecule has 1 aliphatic carbocycles. The van der Waals surface area contributed by atoms with E-state index in [4.69, 9.17) is 18.9 Å². The van der Waals surface area contributed by atoms with Crippen LogP contribution in [-0.4, -0.2) is 49.3 Å². The summed E-state index contributed by atoms with van der Waals surface area (Å²) in [5, 5.41) is 0. The van der Waals surface area contributed by atoms with Gasteiger partial charge in [0.1, 0.15) is 12.2 Å². The second-order valence-corrected chi connectivity index (χ2v) is 14.3. The van der Waals surface area contributed by atoms with E-state index >= 15 is 0 Å². The molecule has 0 bridgehead atoms. The Morgan fingerprint density at radius 1 is 0.547 bits per heavy atom. The zero-order chi connectivity index (χ0) is 38.1. The van der Waals surface area contributed by atoms with Gasteiger partial charge in [-0.25, -0.2) is 19.2 Å². The molecule has 8 heteroatoms. The quantitative estimate of drug-likeness (QED) is 0.0720. The van der Waals surface area contributed by atoms with Gasteiger partial charge >= 0.3 is 23.9 Å². The number of rotatable bonds is 14. The minimum absolute atomic E-state index is 0.177. The normalized spacial score (nSPS) is 14.6. The Kier molecular flexibility index (Phi) is 15.4. The summed E-state index contributed by atoms with van der Waals surface area (Å²) in [5.74, 6) is -1.29. The summed E-state index contributed by atoms with van der Waals surface area (Å²) in [5.41, 5.74) is 1.63. The van der Waals surface area contributed by atoms with Gasteiger partial charge in [-0.15, -0.1) is 0 Å². The van der Waals surface area contributed by atoms with Crippen LogP contribution in [0.25, 0.3) is 0 Å². The molecule has 0 heterocycles. The molecule has 0 N–H and O–H groups in total. The second-order valence-electron chi connectivity index (χ2n) is 14.3. The number of hydrogen-bond acceptors (Lipinski definition) is 8. The van der Waals surface area contributed by atoms with Crippen LogP contribution in [0.5, 0.6) is 0 Å². The highest BCUT2D eigenvalue weighted by molar-refractivity contribution is 5.91. The summed E-state index contributed by atoms with van der Waals surface area (Å²) in [4.78, 5) is 49.0. The SMILES string of the molecule is CC(C)(CCCOC(=O)c1ccccc1)COC(=O)c1ccccc1.CC(OC(=O)c1ccccc1)C1(C(C)OC(=O)c2ccccc2)CCCCC1. The van der Waals surface area contributed by atoms with Gasteiger partial charge in [0.25, 0.3) is 0 Å². The van der Waals surface area contributed by atoms with E-state index in [0.717, 1.165) is 38.5 Å². The fourth-order valence-electron chi connectivity index (χ4n) is 6.56. The lowest BCUT2D eigenvalue weighted by Gasteiger charge is -2.45. The van der Waals surface area contributed by atoms with Crippen molar-refractivity contribution in [2.75, 3.05) is 13.2 Å². The largest absolute Gasteiger partial charge is 0.462 e. The number of ether oxygens (including phenoxy) is 4. The first kappa shape index (κ1) is 40.5. The average Bonchev–Trinajstić information content (AvgIpc) is 3.20. The van der Waals surface area contributed by atoms with E-state index < -0.39 is 0 Å². The van der Waals surface area contributed by atoms with Crippen LogP contribution in [0, 0.1) is 10.8 Å². The van der Waals surface area contributed by atoms with Crippen molar-refractivity contribution < 1.29 is 38.1 Å². The van der Waals surface area contributed by atoms with Gasteiger partial charge in [-0.3, -0.25) is 0 Å². The summed E-state index contributed by atoms with van der Waals surface area (Å²) in [6.07, 6.45) is 5.80. The number of carbonyl (C=O) groups excluding carboxylic acids is 4. The molecule has 53 heavy (non-hydrogen) atoms. The monoisotopic (exact) mass is 720 g/mol. The molecule has 4 aromatic rings. The topological polar surface area (TPSA) is 105 Å². The number of carbonyl (C=O) groups is 4. The molecule has 2 unspecified atom stereocenters. The molecule has 1 aliphatic rings. The highest BCUT2D eigenvalue weighted by Gasteiger charge is 2.46. The van der Waals surface area contributed by atoms with Crippen LogP contribution < -0.4 is 0 Å². The first-order chi connectivity index (χ1) is 25.5. The van der Waals surface area contributed by atoms with Crippen molar-refractivity contribution in [3.05, 3.63) is 144 Å². The van der Waals surface area contributed by atoms with Crippen LogP contribution in [0.1, 0.15) is 114 Å². The summed E-state index contributed by atoms with van der Waals surface area (Å²) >= 11 is 0. The molecule has 2 atom stereocenters. The number of benzene rings is 4. The van der Waals surface area contributed by atoms with E-state index in [1.165, 1.54) is 0 Å². The van der Waals surface area contributed by atoms with E-state index in [1.54, 1.807) is 60.7 Å². The van der Waals surface area contributed by atoms with Gasteiger partial charge in [-0.05, 0) is 93.5 Å². The molecular weight excluding hydrogens is 668 g/mol. The molecular formula is C45H52O8. The molecule has 5 rings (SSSR count). The molecule has 0 saturated heterocycles. The summed E-state index contributed by atoms with van der Waals surface area (Å²) in [6, 6.07) is 35.9. The number of esters is 4. The maximum absolute atomic E-state index is 12.6. The Bertz CT molecular complexity index is 1650. The van der Waals surface area contributed by atoms with Crippen molar-refractivity contribution in [2.24, 2.45) is 10.8 Å². The maximum atomic E-state index is 12.6. The van der Waals surface area contributed by atoms with Crippen molar-refractivity contribution in [3.63, 3.8) is 0 Å². The van der Waals surface area contributed by atoms with E-state index in [1.807, 2.05) is 88.4 Å². The van der Waals surface area contributed by atoms with Crippen LogP contribution in [0.4, 0.5) is 0 Å². The standard InChI is InChI=1S/C24H28O4.C21H24O4/c1-18(27-22(25)20-12-6-3-7-13-20)24(16-10-5-11-17-24)19(2)28-23(26)21-14-8-4-9-15-21;1-21(2,16-25-20(23)18-12-7-4-8-13-18)14-9-15-24-19(22)17-10-5-3-6-11-17/h3-4,6-9,12-15,18-19H,5,10-11,16-17H2,1-2H3;3-8,10-13H,9,14-16H2,1-2H3. The Morgan fingerprint density at radius 2 is 0.906 bits per heavy atom. The first-order valence-corrected chi connectivity index (χ1v) is 18.5. The van der Waals surface area contributed by atoms with Crippen LogP contribution in [-0.2, 0) is 18.9 Å². The van der Waals surface area contributed by atoms with Crippen LogP contribution >= 0.6 is 0 Å². The van der Waals surface area contributed by atoms with Gasteiger partial charge < -0.3 is 18.9 Å². The van der Waals surface area contributed by atoms with Crippen molar-refractivity contribution in [2.45, 2.75) is 84.8 Å². The van der Waals surface area contributed by atoms with Gasteiger partial charge in [0.2, 0.25) is 0 Å². The molecule has 0 aromatic heterocycles. The zero-order valence-corrected chi connectivity index (χ0v) is 31.3. The molecule has 1 saturated carbocycles. The average molecular weight is 721 g/mol. The molecule has 0 amide bonds. The molecule has 280 valence electrons. The van der Waals surface area contributed by atoms with Crippen LogP contribution in [0.15, 0.2) is 121 Å². The fraction of sp³-hybridized carbons (Fsp3) is 0.378. The summed E-state index contributed by atoms with van der Waals surface area (Å²) in [7, 11) is 0. The molecule has 4 aromatic carbocycles. The minimum Gasteiger partial charge on any atom is -0.462 e.